The van der Waals surface area contributed by atoms with Gasteiger partial charge in [-0.3, -0.25) is 4.79 Å². The lowest BCUT2D eigenvalue weighted by molar-refractivity contribution is -0.141. The Balaban J connectivity index is 0.00000289. The molecule has 0 aliphatic carbocycles. The topological polar surface area (TPSA) is 70.8 Å². The molecule has 18 heavy (non-hydrogen) atoms. The van der Waals surface area contributed by atoms with Gasteiger partial charge in [-0.05, 0) is 17.7 Å². The van der Waals surface area contributed by atoms with Crippen LogP contribution in [0.15, 0.2) is 18.2 Å². The van der Waals surface area contributed by atoms with Crippen LogP contribution in [0.2, 0.25) is 0 Å². The van der Waals surface area contributed by atoms with E-state index in [9.17, 15) is 4.79 Å². The molecule has 102 valence electrons. The highest BCUT2D eigenvalue weighted by Crippen LogP contribution is 2.26. The van der Waals surface area contributed by atoms with Gasteiger partial charge >= 0.3 is 5.97 Å². The summed E-state index contributed by atoms with van der Waals surface area (Å²) in [5, 5.41) is 0. The number of nitrogens with two attached hydrogens (primary N) is 1. The molecule has 0 amide bonds. The van der Waals surface area contributed by atoms with Gasteiger partial charge < -0.3 is 19.9 Å². The Hall–Kier alpha value is -1.46. The van der Waals surface area contributed by atoms with Crippen molar-refractivity contribution in [3.8, 4) is 11.5 Å². The molecule has 0 aliphatic rings. The Morgan fingerprint density at radius 3 is 2.06 bits per heavy atom. The maximum atomic E-state index is 11.1. The van der Waals surface area contributed by atoms with Gasteiger partial charge in [-0.25, -0.2) is 0 Å². The van der Waals surface area contributed by atoms with Crippen LogP contribution in [0.3, 0.4) is 0 Å². The van der Waals surface area contributed by atoms with Crippen LogP contribution >= 0.6 is 12.4 Å². The van der Waals surface area contributed by atoms with Gasteiger partial charge in [0.05, 0.1) is 27.8 Å². The maximum absolute atomic E-state index is 11.1. The Bertz CT molecular complexity index is 375. The van der Waals surface area contributed by atoms with Gasteiger partial charge in [-0.1, -0.05) is 0 Å². The Labute approximate surface area is 113 Å². The van der Waals surface area contributed by atoms with Gasteiger partial charge in [-0.15, -0.1) is 12.4 Å². The summed E-state index contributed by atoms with van der Waals surface area (Å²) in [6.07, 6.45) is 0.118. The van der Waals surface area contributed by atoms with Crippen LogP contribution < -0.4 is 15.2 Å². The minimum absolute atomic E-state index is 0. The number of benzene rings is 1. The molecule has 1 atom stereocenters. The van der Waals surface area contributed by atoms with Crippen LogP contribution in [-0.2, 0) is 9.53 Å². The highest BCUT2D eigenvalue weighted by molar-refractivity contribution is 5.85. The summed E-state index contributed by atoms with van der Waals surface area (Å²) in [5.74, 6) is 0.929. The van der Waals surface area contributed by atoms with Crippen LogP contribution in [-0.4, -0.2) is 27.3 Å². The number of methoxy groups -OCH3 is 3. The number of ether oxygens (including phenoxy) is 3. The van der Waals surface area contributed by atoms with Crippen LogP contribution in [0.25, 0.3) is 0 Å². The smallest absolute Gasteiger partial charge is 0.307 e. The Kier molecular flexibility index (Phi) is 7.16. The molecule has 1 rings (SSSR count). The van der Waals surface area contributed by atoms with E-state index in [-0.39, 0.29) is 24.8 Å². The lowest BCUT2D eigenvalue weighted by atomic mass is 10.0. The molecule has 6 heteroatoms. The molecule has 0 saturated heterocycles. The molecule has 0 fully saturated rings. The van der Waals surface area contributed by atoms with Gasteiger partial charge in [0.15, 0.2) is 0 Å². The van der Waals surface area contributed by atoms with Crippen molar-refractivity contribution in [1.82, 2.24) is 0 Å². The van der Waals surface area contributed by atoms with Crippen molar-refractivity contribution in [3.05, 3.63) is 23.8 Å². The largest absolute Gasteiger partial charge is 0.497 e. The van der Waals surface area contributed by atoms with Crippen LogP contribution in [0.1, 0.15) is 18.0 Å². The average Bonchev–Trinajstić information content (AvgIpc) is 2.37. The molecule has 1 aromatic rings. The number of halogens is 1. The number of carbonyl (C=O) groups excluding carboxylic acids is 1. The standard InChI is InChI=1S/C12H17NO4.ClH/c1-15-9-4-8(5-10(6-9)16-2)11(13)7-12(14)17-3;/h4-6,11H,7,13H2,1-3H3;1H/t11-;/m1./s1. The summed E-state index contributed by atoms with van der Waals surface area (Å²) < 4.78 is 14.8. The molecule has 0 radical (unpaired) electrons. The van der Waals surface area contributed by atoms with E-state index in [4.69, 9.17) is 15.2 Å². The third kappa shape index (κ3) is 4.43. The minimum atomic E-state index is -0.438. The van der Waals surface area contributed by atoms with E-state index in [0.717, 1.165) is 5.56 Å². The summed E-state index contributed by atoms with van der Waals surface area (Å²) in [5.41, 5.74) is 6.68. The number of hydrogen-bond acceptors (Lipinski definition) is 5. The molecule has 0 spiro atoms. The molecule has 0 bridgehead atoms. The summed E-state index contributed by atoms with van der Waals surface area (Å²) >= 11 is 0. The molecule has 0 aromatic heterocycles. The number of rotatable bonds is 5. The molecular formula is C12H18ClNO4. The number of esters is 1. The van der Waals surface area contributed by atoms with Crippen molar-refractivity contribution in [2.45, 2.75) is 12.5 Å². The molecule has 1 aromatic carbocycles. The van der Waals surface area contributed by atoms with Crippen molar-refractivity contribution in [2.75, 3.05) is 21.3 Å². The van der Waals surface area contributed by atoms with E-state index in [1.807, 2.05) is 0 Å². The highest BCUT2D eigenvalue weighted by atomic mass is 35.5. The van der Waals surface area contributed by atoms with E-state index in [0.29, 0.717) is 11.5 Å². The maximum Gasteiger partial charge on any atom is 0.307 e. The van der Waals surface area contributed by atoms with Crippen molar-refractivity contribution in [1.29, 1.82) is 0 Å². The zero-order chi connectivity index (χ0) is 12.8. The molecule has 5 nitrogen and oxygen atoms in total. The van der Waals surface area contributed by atoms with E-state index in [2.05, 4.69) is 4.74 Å². The summed E-state index contributed by atoms with van der Waals surface area (Å²) in [7, 11) is 4.45. The van der Waals surface area contributed by atoms with E-state index in [1.165, 1.54) is 7.11 Å². The predicted molar refractivity (Wildman–Crippen MR) is 70.4 cm³/mol. The van der Waals surface area contributed by atoms with Crippen LogP contribution in [0, 0.1) is 0 Å². The monoisotopic (exact) mass is 275 g/mol. The summed E-state index contributed by atoms with van der Waals surface area (Å²) in [4.78, 5) is 11.1. The van der Waals surface area contributed by atoms with Crippen LogP contribution in [0.4, 0.5) is 0 Å². The Morgan fingerprint density at radius 1 is 1.17 bits per heavy atom. The molecule has 0 unspecified atom stereocenters. The summed E-state index contributed by atoms with van der Waals surface area (Å²) in [6.45, 7) is 0. The molecule has 0 aliphatic heterocycles. The van der Waals surface area contributed by atoms with Gasteiger partial charge in [0.1, 0.15) is 11.5 Å². The van der Waals surface area contributed by atoms with Gasteiger partial charge in [0.2, 0.25) is 0 Å². The van der Waals surface area contributed by atoms with E-state index < -0.39 is 6.04 Å². The second-order valence-electron chi connectivity index (χ2n) is 3.53. The summed E-state index contributed by atoms with van der Waals surface area (Å²) in [6, 6.07) is 4.85. The van der Waals surface area contributed by atoms with E-state index >= 15 is 0 Å². The lowest BCUT2D eigenvalue weighted by Crippen LogP contribution is -2.16. The average molecular weight is 276 g/mol. The van der Waals surface area contributed by atoms with Gasteiger partial charge in [0, 0.05) is 12.1 Å². The number of carbonyl (C=O) groups is 1. The second kappa shape index (κ2) is 7.79. The minimum Gasteiger partial charge on any atom is -0.497 e. The fraction of sp³-hybridized carbons (Fsp3) is 0.417. The van der Waals surface area contributed by atoms with E-state index in [1.54, 1.807) is 32.4 Å². The van der Waals surface area contributed by atoms with Crippen molar-refractivity contribution < 1.29 is 19.0 Å². The van der Waals surface area contributed by atoms with Gasteiger partial charge in [0.25, 0.3) is 0 Å². The van der Waals surface area contributed by atoms with Crippen molar-refractivity contribution in [2.24, 2.45) is 5.73 Å². The van der Waals surface area contributed by atoms with Crippen molar-refractivity contribution >= 4 is 18.4 Å². The lowest BCUT2D eigenvalue weighted by Gasteiger charge is -2.13. The quantitative estimate of drug-likeness (QED) is 0.828. The fourth-order valence-electron chi connectivity index (χ4n) is 1.42. The number of hydrogen-bond donors (Lipinski definition) is 1. The third-order valence-corrected chi connectivity index (χ3v) is 2.42. The zero-order valence-corrected chi connectivity index (χ0v) is 11.5. The Morgan fingerprint density at radius 2 is 1.67 bits per heavy atom. The van der Waals surface area contributed by atoms with Crippen molar-refractivity contribution in [3.63, 3.8) is 0 Å². The van der Waals surface area contributed by atoms with Crippen LogP contribution in [0.5, 0.6) is 11.5 Å². The first-order chi connectivity index (χ1) is 8.10. The fourth-order valence-corrected chi connectivity index (χ4v) is 1.42. The molecule has 0 saturated carbocycles. The molecular weight excluding hydrogens is 258 g/mol. The van der Waals surface area contributed by atoms with Gasteiger partial charge in [-0.2, -0.15) is 0 Å². The first-order valence-electron chi connectivity index (χ1n) is 5.16. The highest BCUT2D eigenvalue weighted by Gasteiger charge is 2.14. The third-order valence-electron chi connectivity index (χ3n) is 2.42. The first-order valence-corrected chi connectivity index (χ1v) is 5.16. The second-order valence-corrected chi connectivity index (χ2v) is 3.53. The zero-order valence-electron chi connectivity index (χ0n) is 10.6. The SMILES string of the molecule is COC(=O)C[C@@H](N)c1cc(OC)cc(OC)c1.Cl. The molecule has 2 N–H and O–H groups in total. The molecule has 0 heterocycles. The first kappa shape index (κ1) is 16.5. The predicted octanol–water partition coefficient (Wildman–Crippen LogP) is 1.69. The normalized spacial score (nSPS) is 11.1.